The molecule has 0 aliphatic carbocycles. The molecule has 0 aliphatic heterocycles. The molecule has 0 saturated carbocycles. The van der Waals surface area contributed by atoms with Crippen molar-refractivity contribution in [3.8, 4) is 0 Å². The molecule has 0 unspecified atom stereocenters. The maximum atomic E-state index is 12.1. The summed E-state index contributed by atoms with van der Waals surface area (Å²) in [5.74, 6) is -1.32. The number of amides is 2. The van der Waals surface area contributed by atoms with Crippen LogP contribution in [0.5, 0.6) is 0 Å². The third-order valence-corrected chi connectivity index (χ3v) is 4.11. The van der Waals surface area contributed by atoms with Crippen molar-refractivity contribution in [2.45, 2.75) is 6.04 Å². The van der Waals surface area contributed by atoms with Crippen LogP contribution in [-0.4, -0.2) is 51.4 Å². The molecule has 138 valence electrons. The molecule has 1 atom stereocenters. The summed E-state index contributed by atoms with van der Waals surface area (Å²) in [6.45, 7) is 0.343. The number of para-hydroxylation sites is 1. The van der Waals surface area contributed by atoms with E-state index >= 15 is 0 Å². The van der Waals surface area contributed by atoms with Crippen LogP contribution in [-0.2, 0) is 9.59 Å². The second-order valence-corrected chi connectivity index (χ2v) is 6.50. The summed E-state index contributed by atoms with van der Waals surface area (Å²) in [5.41, 5.74) is 2.78. The number of carbonyl (C=O) groups excluding carboxylic acids is 2. The van der Waals surface area contributed by atoms with Gasteiger partial charge in [0.25, 0.3) is 0 Å². The van der Waals surface area contributed by atoms with Crippen molar-refractivity contribution in [2.75, 3.05) is 45.0 Å². The van der Waals surface area contributed by atoms with Crippen LogP contribution in [0.25, 0.3) is 0 Å². The van der Waals surface area contributed by atoms with Crippen molar-refractivity contribution in [3.63, 3.8) is 0 Å². The summed E-state index contributed by atoms with van der Waals surface area (Å²) in [5, 5.41) is 5.30. The first kappa shape index (κ1) is 19.5. The van der Waals surface area contributed by atoms with Crippen molar-refractivity contribution >= 4 is 23.2 Å². The lowest BCUT2D eigenvalue weighted by Gasteiger charge is -2.25. The van der Waals surface area contributed by atoms with Gasteiger partial charge in [0.05, 0.1) is 6.04 Å². The average Bonchev–Trinajstić information content (AvgIpc) is 2.62. The summed E-state index contributed by atoms with van der Waals surface area (Å²) in [6.07, 6.45) is 0. The number of hydrogen-bond acceptors (Lipinski definition) is 4. The van der Waals surface area contributed by atoms with Gasteiger partial charge in [-0.3, -0.25) is 9.59 Å². The lowest BCUT2D eigenvalue weighted by molar-refractivity contribution is -0.136. The van der Waals surface area contributed by atoms with E-state index in [-0.39, 0.29) is 6.04 Å². The van der Waals surface area contributed by atoms with E-state index in [9.17, 15) is 9.59 Å². The molecule has 0 aromatic heterocycles. The van der Waals surface area contributed by atoms with Gasteiger partial charge in [-0.05, 0) is 43.9 Å². The second kappa shape index (κ2) is 9.01. The molecule has 0 heterocycles. The predicted octanol–water partition coefficient (Wildman–Crippen LogP) is 2.11. The van der Waals surface area contributed by atoms with Gasteiger partial charge in [-0.15, -0.1) is 0 Å². The molecule has 2 amide bonds. The number of rotatable bonds is 6. The summed E-state index contributed by atoms with van der Waals surface area (Å²) in [6, 6.07) is 17.0. The van der Waals surface area contributed by atoms with Crippen LogP contribution in [0, 0.1) is 0 Å². The Morgan fingerprint density at radius 3 is 2.04 bits per heavy atom. The van der Waals surface area contributed by atoms with Crippen molar-refractivity contribution in [1.82, 2.24) is 10.2 Å². The summed E-state index contributed by atoms with van der Waals surface area (Å²) < 4.78 is 0. The SMILES string of the molecule is CN(C)c1ccc([C@@H](CNC(=O)C(=O)Nc2ccccc2)N(C)C)cc1. The Bertz CT molecular complexity index is 727. The number of hydrogen-bond donors (Lipinski definition) is 2. The maximum absolute atomic E-state index is 12.1. The average molecular weight is 354 g/mol. The number of likely N-dealkylation sites (N-methyl/N-ethyl adjacent to an activating group) is 1. The molecule has 26 heavy (non-hydrogen) atoms. The van der Waals surface area contributed by atoms with Crippen LogP contribution in [0.4, 0.5) is 11.4 Å². The molecule has 2 aromatic carbocycles. The van der Waals surface area contributed by atoms with Crippen LogP contribution in [0.2, 0.25) is 0 Å². The Balaban J connectivity index is 1.97. The topological polar surface area (TPSA) is 64.7 Å². The summed E-state index contributed by atoms with van der Waals surface area (Å²) >= 11 is 0. The molecule has 6 heteroatoms. The molecular formula is C20H26N4O2. The number of anilines is 2. The highest BCUT2D eigenvalue weighted by Gasteiger charge is 2.19. The van der Waals surface area contributed by atoms with Crippen LogP contribution >= 0.6 is 0 Å². The first-order valence-electron chi connectivity index (χ1n) is 8.46. The highest BCUT2D eigenvalue weighted by Crippen LogP contribution is 2.20. The molecule has 0 fully saturated rings. The van der Waals surface area contributed by atoms with E-state index in [1.807, 2.05) is 68.3 Å². The quantitative estimate of drug-likeness (QED) is 0.780. The molecule has 6 nitrogen and oxygen atoms in total. The number of benzene rings is 2. The van der Waals surface area contributed by atoms with Crippen molar-refractivity contribution in [3.05, 3.63) is 60.2 Å². The molecular weight excluding hydrogens is 328 g/mol. The van der Waals surface area contributed by atoms with E-state index in [1.54, 1.807) is 24.3 Å². The minimum absolute atomic E-state index is 0.0281. The highest BCUT2D eigenvalue weighted by molar-refractivity contribution is 6.39. The fraction of sp³-hybridized carbons (Fsp3) is 0.300. The molecule has 2 aromatic rings. The molecule has 0 aliphatic rings. The van der Waals surface area contributed by atoms with Gasteiger partial charge in [-0.25, -0.2) is 0 Å². The van der Waals surface area contributed by atoms with Crippen molar-refractivity contribution < 1.29 is 9.59 Å². The van der Waals surface area contributed by atoms with Crippen LogP contribution in [0.1, 0.15) is 11.6 Å². The Kier molecular flexibility index (Phi) is 6.74. The Hall–Kier alpha value is -2.86. The van der Waals surface area contributed by atoms with E-state index in [1.165, 1.54) is 0 Å². The molecule has 0 saturated heterocycles. The smallest absolute Gasteiger partial charge is 0.313 e. The fourth-order valence-corrected chi connectivity index (χ4v) is 2.57. The zero-order valence-electron chi connectivity index (χ0n) is 15.7. The number of nitrogens with one attached hydrogen (secondary N) is 2. The van der Waals surface area contributed by atoms with E-state index in [0.29, 0.717) is 12.2 Å². The van der Waals surface area contributed by atoms with Crippen LogP contribution < -0.4 is 15.5 Å². The Labute approximate surface area is 154 Å². The predicted molar refractivity (Wildman–Crippen MR) is 105 cm³/mol. The summed E-state index contributed by atoms with van der Waals surface area (Å²) in [7, 11) is 7.87. The standard InChI is InChI=1S/C20H26N4O2/c1-23(2)17-12-10-15(11-13-17)18(24(3)4)14-21-19(25)20(26)22-16-8-6-5-7-9-16/h5-13,18H,14H2,1-4H3,(H,21,25)(H,22,26)/t18-/m1/s1. The van der Waals surface area contributed by atoms with Gasteiger partial charge in [0.1, 0.15) is 0 Å². The number of carbonyl (C=O) groups is 2. The van der Waals surface area contributed by atoms with E-state index < -0.39 is 11.8 Å². The molecule has 0 spiro atoms. The lowest BCUT2D eigenvalue weighted by atomic mass is 10.1. The highest BCUT2D eigenvalue weighted by atomic mass is 16.2. The van der Waals surface area contributed by atoms with Gasteiger partial charge in [0.2, 0.25) is 0 Å². The van der Waals surface area contributed by atoms with Crippen molar-refractivity contribution in [1.29, 1.82) is 0 Å². The Morgan fingerprint density at radius 1 is 0.885 bits per heavy atom. The third kappa shape index (κ3) is 5.32. The van der Waals surface area contributed by atoms with Gasteiger partial charge in [0.15, 0.2) is 0 Å². The number of nitrogens with zero attached hydrogens (tertiary/aromatic N) is 2. The lowest BCUT2D eigenvalue weighted by Crippen LogP contribution is -2.40. The third-order valence-electron chi connectivity index (χ3n) is 4.11. The Morgan fingerprint density at radius 2 is 1.50 bits per heavy atom. The largest absolute Gasteiger partial charge is 0.378 e. The second-order valence-electron chi connectivity index (χ2n) is 6.50. The van der Waals surface area contributed by atoms with E-state index in [0.717, 1.165) is 11.3 Å². The zero-order valence-corrected chi connectivity index (χ0v) is 15.7. The van der Waals surface area contributed by atoms with Crippen LogP contribution in [0.3, 0.4) is 0 Å². The maximum Gasteiger partial charge on any atom is 0.313 e. The van der Waals surface area contributed by atoms with Crippen LogP contribution in [0.15, 0.2) is 54.6 Å². The minimum Gasteiger partial charge on any atom is -0.378 e. The van der Waals surface area contributed by atoms with E-state index in [4.69, 9.17) is 0 Å². The van der Waals surface area contributed by atoms with Gasteiger partial charge in [0, 0.05) is 32.0 Å². The van der Waals surface area contributed by atoms with E-state index in [2.05, 4.69) is 10.6 Å². The zero-order chi connectivity index (χ0) is 19.1. The van der Waals surface area contributed by atoms with Gasteiger partial charge < -0.3 is 20.4 Å². The molecule has 2 N–H and O–H groups in total. The first-order valence-corrected chi connectivity index (χ1v) is 8.46. The fourth-order valence-electron chi connectivity index (χ4n) is 2.57. The minimum atomic E-state index is -0.670. The molecule has 0 bridgehead atoms. The van der Waals surface area contributed by atoms with Gasteiger partial charge in [-0.2, -0.15) is 0 Å². The normalized spacial score (nSPS) is 11.7. The van der Waals surface area contributed by atoms with Gasteiger partial charge in [-0.1, -0.05) is 30.3 Å². The van der Waals surface area contributed by atoms with Gasteiger partial charge >= 0.3 is 11.8 Å². The van der Waals surface area contributed by atoms with Crippen molar-refractivity contribution in [2.24, 2.45) is 0 Å². The first-order chi connectivity index (χ1) is 12.4. The molecule has 0 radical (unpaired) electrons. The summed E-state index contributed by atoms with van der Waals surface area (Å²) in [4.78, 5) is 28.2. The monoisotopic (exact) mass is 354 g/mol. The molecule has 2 rings (SSSR count).